The van der Waals surface area contributed by atoms with Crippen molar-refractivity contribution < 1.29 is 4.74 Å². The molecule has 0 aliphatic rings. The minimum Gasteiger partial charge on any atom is -0.486 e. The number of allylic oxidation sites excluding steroid dienone is 1. The van der Waals surface area contributed by atoms with Gasteiger partial charge < -0.3 is 4.74 Å². The van der Waals surface area contributed by atoms with Crippen LogP contribution in [0.15, 0.2) is 77.8 Å². The first kappa shape index (κ1) is 20.7. The standard InChI is InChI=1S/C22H19ClN4OS2/c1-2-12-27-21(16-6-4-3-5-7-16)25-26-22(27)30-15-18-14-29-20(24-18)13-28-19-10-8-17(23)9-11-19/h2-11,14H,1,12-13,15H2. The van der Waals surface area contributed by atoms with Crippen LogP contribution in [0.5, 0.6) is 5.75 Å². The SMILES string of the molecule is C=CCn1c(SCc2csc(COc3ccc(Cl)cc3)n2)nnc1-c1ccccc1. The number of hydrogen-bond donors (Lipinski definition) is 0. The molecule has 2 heterocycles. The monoisotopic (exact) mass is 454 g/mol. The van der Waals surface area contributed by atoms with Gasteiger partial charge in [-0.3, -0.25) is 4.57 Å². The third-order valence-electron chi connectivity index (χ3n) is 4.18. The van der Waals surface area contributed by atoms with E-state index in [1.165, 1.54) is 0 Å². The fraction of sp³-hybridized carbons (Fsp3) is 0.136. The van der Waals surface area contributed by atoms with Gasteiger partial charge in [0.2, 0.25) is 0 Å². The van der Waals surface area contributed by atoms with Crippen LogP contribution in [0.25, 0.3) is 11.4 Å². The summed E-state index contributed by atoms with van der Waals surface area (Å²) in [5.74, 6) is 2.33. The van der Waals surface area contributed by atoms with E-state index in [2.05, 4.69) is 31.7 Å². The Labute approximate surface area is 188 Å². The van der Waals surface area contributed by atoms with Crippen molar-refractivity contribution in [1.29, 1.82) is 0 Å². The molecule has 2 aromatic carbocycles. The third kappa shape index (κ3) is 5.11. The van der Waals surface area contributed by atoms with E-state index in [1.807, 2.05) is 60.7 Å². The van der Waals surface area contributed by atoms with Gasteiger partial charge >= 0.3 is 0 Å². The Kier molecular flexibility index (Phi) is 6.84. The van der Waals surface area contributed by atoms with E-state index in [4.69, 9.17) is 16.3 Å². The third-order valence-corrected chi connectivity index (χ3v) is 6.31. The molecule has 0 aliphatic carbocycles. The molecule has 152 valence electrons. The van der Waals surface area contributed by atoms with E-state index >= 15 is 0 Å². The van der Waals surface area contributed by atoms with Crippen LogP contribution < -0.4 is 4.74 Å². The first-order valence-corrected chi connectivity index (χ1v) is 11.5. The Balaban J connectivity index is 1.39. The molecule has 0 aliphatic heterocycles. The molecule has 8 heteroatoms. The first-order chi connectivity index (χ1) is 14.7. The van der Waals surface area contributed by atoms with Gasteiger partial charge in [0.25, 0.3) is 0 Å². The average molecular weight is 455 g/mol. The van der Waals surface area contributed by atoms with Gasteiger partial charge in [-0.2, -0.15) is 0 Å². The second-order valence-corrected chi connectivity index (χ2v) is 8.66. The van der Waals surface area contributed by atoms with Gasteiger partial charge in [-0.15, -0.1) is 28.1 Å². The normalized spacial score (nSPS) is 10.8. The molecule has 0 spiro atoms. The van der Waals surface area contributed by atoms with Crippen molar-refractivity contribution in [3.8, 4) is 17.1 Å². The Hall–Kier alpha value is -2.61. The average Bonchev–Trinajstić information content (AvgIpc) is 3.40. The summed E-state index contributed by atoms with van der Waals surface area (Å²) in [4.78, 5) is 4.67. The molecule has 0 radical (unpaired) electrons. The minimum atomic E-state index is 0.432. The lowest BCUT2D eigenvalue weighted by molar-refractivity contribution is 0.305. The molecule has 0 amide bonds. The topological polar surface area (TPSA) is 52.8 Å². The van der Waals surface area contributed by atoms with E-state index in [9.17, 15) is 0 Å². The molecule has 0 bridgehead atoms. The maximum Gasteiger partial charge on any atom is 0.192 e. The predicted octanol–water partition coefficient (Wildman–Crippen LogP) is 6.11. The van der Waals surface area contributed by atoms with Crippen molar-refractivity contribution >= 4 is 34.7 Å². The summed E-state index contributed by atoms with van der Waals surface area (Å²) in [6.45, 7) is 4.95. The Morgan fingerprint density at radius 2 is 1.90 bits per heavy atom. The lowest BCUT2D eigenvalue weighted by Crippen LogP contribution is -2.00. The van der Waals surface area contributed by atoms with Crippen LogP contribution in [-0.4, -0.2) is 19.7 Å². The van der Waals surface area contributed by atoms with Crippen LogP contribution in [0.2, 0.25) is 5.02 Å². The number of thiazole rings is 1. The molecular formula is C22H19ClN4OS2. The Morgan fingerprint density at radius 1 is 1.10 bits per heavy atom. The first-order valence-electron chi connectivity index (χ1n) is 9.27. The second-order valence-electron chi connectivity index (χ2n) is 6.34. The zero-order valence-electron chi connectivity index (χ0n) is 16.1. The zero-order valence-corrected chi connectivity index (χ0v) is 18.5. The summed E-state index contributed by atoms with van der Waals surface area (Å²) in [7, 11) is 0. The molecule has 0 fully saturated rings. The van der Waals surface area contributed by atoms with Crippen LogP contribution >= 0.6 is 34.7 Å². The highest BCUT2D eigenvalue weighted by Gasteiger charge is 2.14. The molecule has 0 atom stereocenters. The number of hydrogen-bond acceptors (Lipinski definition) is 6. The molecular weight excluding hydrogens is 436 g/mol. The van der Waals surface area contributed by atoms with E-state index in [1.54, 1.807) is 23.1 Å². The number of halogens is 1. The summed E-state index contributed by atoms with van der Waals surface area (Å²) >= 11 is 9.10. The van der Waals surface area contributed by atoms with Crippen LogP contribution in [0.4, 0.5) is 0 Å². The fourth-order valence-corrected chi connectivity index (χ4v) is 4.56. The van der Waals surface area contributed by atoms with Gasteiger partial charge in [-0.05, 0) is 24.3 Å². The van der Waals surface area contributed by atoms with E-state index in [0.29, 0.717) is 23.9 Å². The van der Waals surface area contributed by atoms with E-state index in [-0.39, 0.29) is 0 Å². The number of aromatic nitrogens is 4. The summed E-state index contributed by atoms with van der Waals surface area (Å²) < 4.78 is 7.84. The quantitative estimate of drug-likeness (QED) is 0.225. The van der Waals surface area contributed by atoms with Crippen LogP contribution in [0, 0.1) is 0 Å². The fourth-order valence-electron chi connectivity index (χ4n) is 2.79. The Morgan fingerprint density at radius 3 is 2.67 bits per heavy atom. The highest BCUT2D eigenvalue weighted by Crippen LogP contribution is 2.27. The van der Waals surface area contributed by atoms with Crippen molar-refractivity contribution in [1.82, 2.24) is 19.7 Å². The van der Waals surface area contributed by atoms with Crippen molar-refractivity contribution in [2.24, 2.45) is 0 Å². The van der Waals surface area contributed by atoms with Crippen molar-refractivity contribution in [3.05, 3.63) is 88.4 Å². The second kappa shape index (κ2) is 9.93. The number of ether oxygens (including phenoxy) is 1. The molecule has 0 saturated carbocycles. The molecule has 4 aromatic rings. The maximum atomic E-state index is 5.90. The number of rotatable bonds is 9. The van der Waals surface area contributed by atoms with Gasteiger partial charge in [0.05, 0.1) is 5.69 Å². The number of thioether (sulfide) groups is 1. The maximum absolute atomic E-state index is 5.90. The summed E-state index contributed by atoms with van der Waals surface area (Å²) in [6.07, 6.45) is 1.86. The molecule has 5 nitrogen and oxygen atoms in total. The van der Waals surface area contributed by atoms with Crippen molar-refractivity contribution in [2.75, 3.05) is 0 Å². The van der Waals surface area contributed by atoms with E-state index in [0.717, 1.165) is 33.0 Å². The van der Waals surface area contributed by atoms with Crippen molar-refractivity contribution in [2.45, 2.75) is 24.1 Å². The molecule has 4 rings (SSSR count). The van der Waals surface area contributed by atoms with Crippen molar-refractivity contribution in [3.63, 3.8) is 0 Å². The molecule has 0 N–H and O–H groups in total. The number of nitrogens with zero attached hydrogens (tertiary/aromatic N) is 4. The Bertz CT molecular complexity index is 1110. The van der Waals surface area contributed by atoms with Gasteiger partial charge in [0.1, 0.15) is 17.4 Å². The summed E-state index contributed by atoms with van der Waals surface area (Å²) in [5, 5.41) is 13.3. The van der Waals surface area contributed by atoms with E-state index < -0.39 is 0 Å². The smallest absolute Gasteiger partial charge is 0.192 e. The van der Waals surface area contributed by atoms with Gasteiger partial charge in [0, 0.05) is 28.3 Å². The minimum absolute atomic E-state index is 0.432. The predicted molar refractivity (Wildman–Crippen MR) is 123 cm³/mol. The highest BCUT2D eigenvalue weighted by molar-refractivity contribution is 7.98. The highest BCUT2D eigenvalue weighted by atomic mass is 35.5. The lowest BCUT2D eigenvalue weighted by atomic mass is 10.2. The van der Waals surface area contributed by atoms with Crippen LogP contribution in [0.1, 0.15) is 10.7 Å². The van der Waals surface area contributed by atoms with Gasteiger partial charge in [-0.25, -0.2) is 4.98 Å². The molecule has 30 heavy (non-hydrogen) atoms. The summed E-state index contributed by atoms with van der Waals surface area (Å²) in [5.41, 5.74) is 2.03. The summed E-state index contributed by atoms with van der Waals surface area (Å²) in [6, 6.07) is 17.4. The van der Waals surface area contributed by atoms with Crippen LogP contribution in [0.3, 0.4) is 0 Å². The zero-order chi connectivity index (χ0) is 20.8. The molecule has 0 unspecified atom stereocenters. The number of benzene rings is 2. The molecule has 2 aromatic heterocycles. The van der Waals surface area contributed by atoms with Gasteiger partial charge in [-0.1, -0.05) is 59.8 Å². The van der Waals surface area contributed by atoms with Crippen LogP contribution in [-0.2, 0) is 18.9 Å². The lowest BCUT2D eigenvalue weighted by Gasteiger charge is -2.07. The molecule has 0 saturated heterocycles. The van der Waals surface area contributed by atoms with Gasteiger partial charge in [0.15, 0.2) is 11.0 Å². The largest absolute Gasteiger partial charge is 0.486 e.